The summed E-state index contributed by atoms with van der Waals surface area (Å²) in [6.45, 7) is -0.0766. The van der Waals surface area contributed by atoms with E-state index in [1.807, 2.05) is 0 Å². The summed E-state index contributed by atoms with van der Waals surface area (Å²) in [4.78, 5) is 22.4. The molecule has 7 heteroatoms. The highest BCUT2D eigenvalue weighted by molar-refractivity contribution is 5.80. The molecule has 0 aromatic rings. The molecule has 1 fully saturated rings. The first-order valence-corrected chi connectivity index (χ1v) is 4.30. The Bertz CT molecular complexity index is 271. The van der Waals surface area contributed by atoms with Crippen molar-refractivity contribution in [3.05, 3.63) is 0 Å². The molecule has 0 saturated carbocycles. The fraction of sp³-hybridized carbons (Fsp3) is 0.750. The average molecular weight is 223 g/mol. The van der Waals surface area contributed by atoms with Crippen molar-refractivity contribution in [2.75, 3.05) is 20.3 Å². The number of hydrogen-bond donors (Lipinski definition) is 1. The molecule has 1 amide bonds. The Balaban J connectivity index is 2.70. The fourth-order valence-electron chi connectivity index (χ4n) is 1.48. The zero-order valence-electron chi connectivity index (χ0n) is 8.02. The highest BCUT2D eigenvalue weighted by Gasteiger charge is 2.40. The van der Waals surface area contributed by atoms with Gasteiger partial charge in [-0.15, -0.1) is 0 Å². The third-order valence-electron chi connectivity index (χ3n) is 2.40. The summed E-state index contributed by atoms with van der Waals surface area (Å²) >= 11 is 0. The Kier molecular flexibility index (Phi) is 3.57. The number of amides is 1. The van der Waals surface area contributed by atoms with Gasteiger partial charge in [-0.1, -0.05) is 0 Å². The normalized spacial score (nSPS) is 25.6. The minimum absolute atomic E-state index is 0.0219. The van der Waals surface area contributed by atoms with Gasteiger partial charge in [-0.05, 0) is 0 Å². The lowest BCUT2D eigenvalue weighted by Gasteiger charge is -2.25. The summed E-state index contributed by atoms with van der Waals surface area (Å²) < 4.78 is 29.0. The average Bonchev–Trinajstić information content (AvgIpc) is 2.63. The van der Waals surface area contributed by atoms with Crippen LogP contribution in [0.2, 0.25) is 0 Å². The number of ether oxygens (including phenoxy) is 1. The van der Waals surface area contributed by atoms with E-state index in [4.69, 9.17) is 9.84 Å². The summed E-state index contributed by atoms with van der Waals surface area (Å²) in [6, 6.07) is -0.816. The lowest BCUT2D eigenvalue weighted by atomic mass is 10.0. The van der Waals surface area contributed by atoms with Crippen LogP contribution in [0.5, 0.6) is 0 Å². The van der Waals surface area contributed by atoms with Crippen molar-refractivity contribution in [1.29, 1.82) is 0 Å². The van der Waals surface area contributed by atoms with Gasteiger partial charge in [0, 0.05) is 7.05 Å². The fourth-order valence-corrected chi connectivity index (χ4v) is 1.48. The number of alkyl halides is 2. The lowest BCUT2D eigenvalue weighted by molar-refractivity contribution is -0.148. The Morgan fingerprint density at radius 2 is 2.07 bits per heavy atom. The van der Waals surface area contributed by atoms with Crippen molar-refractivity contribution in [3.63, 3.8) is 0 Å². The second-order valence-electron chi connectivity index (χ2n) is 3.30. The summed E-state index contributed by atoms with van der Waals surface area (Å²) in [5.74, 6) is -3.46. The molecule has 86 valence electrons. The molecule has 0 aromatic carbocycles. The molecule has 1 heterocycles. The van der Waals surface area contributed by atoms with Gasteiger partial charge in [0.1, 0.15) is 5.92 Å². The molecule has 0 radical (unpaired) electrons. The van der Waals surface area contributed by atoms with Crippen molar-refractivity contribution in [1.82, 2.24) is 4.90 Å². The van der Waals surface area contributed by atoms with Crippen molar-refractivity contribution < 1.29 is 28.2 Å². The van der Waals surface area contributed by atoms with E-state index >= 15 is 0 Å². The molecule has 1 aliphatic heterocycles. The minimum Gasteiger partial charge on any atom is -0.481 e. The number of hydrogen-bond acceptors (Lipinski definition) is 3. The van der Waals surface area contributed by atoms with E-state index in [-0.39, 0.29) is 13.2 Å². The minimum atomic E-state index is -3.12. The van der Waals surface area contributed by atoms with Crippen LogP contribution in [0.15, 0.2) is 0 Å². The topological polar surface area (TPSA) is 66.8 Å². The molecule has 0 aromatic heterocycles. The summed E-state index contributed by atoms with van der Waals surface area (Å²) in [7, 11) is 1.16. The van der Waals surface area contributed by atoms with E-state index in [1.54, 1.807) is 0 Å². The highest BCUT2D eigenvalue weighted by Crippen LogP contribution is 2.20. The van der Waals surface area contributed by atoms with Gasteiger partial charge in [-0.2, -0.15) is 8.78 Å². The van der Waals surface area contributed by atoms with Crippen LogP contribution in [0.1, 0.15) is 0 Å². The number of carbonyl (C=O) groups excluding carboxylic acids is 1. The predicted molar refractivity (Wildman–Crippen MR) is 44.5 cm³/mol. The molecule has 0 aliphatic carbocycles. The third kappa shape index (κ3) is 2.41. The quantitative estimate of drug-likeness (QED) is 0.720. The summed E-state index contributed by atoms with van der Waals surface area (Å²) in [5.41, 5.74) is 0. The molecule has 0 spiro atoms. The standard InChI is InChI=1S/C8H11F2NO4/c1-11(7(12)6(9)10)5-3-15-2-4(5)8(13)14/h4-6H,2-3H2,1H3,(H,13,14). The zero-order chi connectivity index (χ0) is 11.6. The number of likely N-dealkylation sites (N-methyl/N-ethyl adjacent to an activating group) is 1. The maximum absolute atomic E-state index is 12.1. The predicted octanol–water partition coefficient (Wildman–Crippen LogP) is -0.191. The zero-order valence-corrected chi connectivity index (χ0v) is 8.02. The number of rotatable bonds is 3. The maximum atomic E-state index is 12.1. The van der Waals surface area contributed by atoms with E-state index in [2.05, 4.69) is 0 Å². The van der Waals surface area contributed by atoms with Gasteiger partial charge in [0.2, 0.25) is 0 Å². The number of carboxylic acid groups (broad SMARTS) is 1. The molecule has 2 unspecified atom stereocenters. The number of carboxylic acids is 1. The van der Waals surface area contributed by atoms with Gasteiger partial charge in [-0.3, -0.25) is 9.59 Å². The molecular formula is C8H11F2NO4. The summed E-state index contributed by atoms with van der Waals surface area (Å²) in [6.07, 6.45) is -3.12. The van der Waals surface area contributed by atoms with Crippen molar-refractivity contribution in [2.24, 2.45) is 5.92 Å². The highest BCUT2D eigenvalue weighted by atomic mass is 19.3. The Hall–Kier alpha value is -1.24. The van der Waals surface area contributed by atoms with Crippen molar-refractivity contribution >= 4 is 11.9 Å². The van der Waals surface area contributed by atoms with Gasteiger partial charge < -0.3 is 14.7 Å². The van der Waals surface area contributed by atoms with Gasteiger partial charge in [-0.25, -0.2) is 0 Å². The number of aliphatic carboxylic acids is 1. The third-order valence-corrected chi connectivity index (χ3v) is 2.40. The van der Waals surface area contributed by atoms with Gasteiger partial charge in [0.15, 0.2) is 0 Å². The smallest absolute Gasteiger partial charge is 0.315 e. The van der Waals surface area contributed by atoms with E-state index in [0.29, 0.717) is 0 Å². The number of nitrogens with zero attached hydrogens (tertiary/aromatic N) is 1. The first-order chi connectivity index (χ1) is 6.95. The number of carbonyl (C=O) groups is 2. The molecule has 2 atom stereocenters. The van der Waals surface area contributed by atoms with Crippen molar-refractivity contribution in [3.8, 4) is 0 Å². The van der Waals surface area contributed by atoms with E-state index in [1.165, 1.54) is 0 Å². The second-order valence-corrected chi connectivity index (χ2v) is 3.30. The second kappa shape index (κ2) is 4.52. The first-order valence-electron chi connectivity index (χ1n) is 4.30. The van der Waals surface area contributed by atoms with Gasteiger partial charge >= 0.3 is 12.4 Å². The molecule has 1 saturated heterocycles. The van der Waals surface area contributed by atoms with Crippen LogP contribution in [0.25, 0.3) is 0 Å². The van der Waals surface area contributed by atoms with E-state index in [9.17, 15) is 18.4 Å². The maximum Gasteiger partial charge on any atom is 0.315 e. The molecule has 1 rings (SSSR count). The van der Waals surface area contributed by atoms with Crippen LogP contribution in [0, 0.1) is 5.92 Å². The molecule has 0 bridgehead atoms. The molecule has 5 nitrogen and oxygen atoms in total. The van der Waals surface area contributed by atoms with Gasteiger partial charge in [0.05, 0.1) is 19.3 Å². The Labute approximate surface area is 84.6 Å². The van der Waals surface area contributed by atoms with Gasteiger partial charge in [0.25, 0.3) is 5.91 Å². The van der Waals surface area contributed by atoms with Crippen LogP contribution in [-0.4, -0.2) is 54.6 Å². The SMILES string of the molecule is CN(C(=O)C(F)F)C1COCC1C(=O)O. The van der Waals surface area contributed by atoms with Crippen LogP contribution in [0.4, 0.5) is 8.78 Å². The molecule has 1 N–H and O–H groups in total. The monoisotopic (exact) mass is 223 g/mol. The van der Waals surface area contributed by atoms with Crippen molar-refractivity contribution in [2.45, 2.75) is 12.5 Å². The van der Waals surface area contributed by atoms with E-state index < -0.39 is 30.3 Å². The number of halogens is 2. The van der Waals surface area contributed by atoms with Crippen LogP contribution >= 0.6 is 0 Å². The molecule has 1 aliphatic rings. The largest absolute Gasteiger partial charge is 0.481 e. The lowest BCUT2D eigenvalue weighted by Crippen LogP contribution is -2.46. The first kappa shape index (κ1) is 11.8. The summed E-state index contributed by atoms with van der Waals surface area (Å²) in [5, 5.41) is 8.75. The van der Waals surface area contributed by atoms with Crippen LogP contribution < -0.4 is 0 Å². The van der Waals surface area contributed by atoms with Crippen LogP contribution in [0.3, 0.4) is 0 Å². The van der Waals surface area contributed by atoms with Crippen LogP contribution in [-0.2, 0) is 14.3 Å². The molecule has 15 heavy (non-hydrogen) atoms. The van der Waals surface area contributed by atoms with E-state index in [0.717, 1.165) is 11.9 Å². The Morgan fingerprint density at radius 3 is 2.53 bits per heavy atom. The molecular weight excluding hydrogens is 212 g/mol. The Morgan fingerprint density at radius 1 is 1.47 bits per heavy atom.